The van der Waals surface area contributed by atoms with E-state index in [4.69, 9.17) is 9.47 Å². The third kappa shape index (κ3) is 7.73. The van der Waals surface area contributed by atoms with Crippen molar-refractivity contribution in [3.8, 4) is 0 Å². The van der Waals surface area contributed by atoms with Gasteiger partial charge in [0.1, 0.15) is 0 Å². The quantitative estimate of drug-likeness (QED) is 0.517. The third-order valence-corrected chi connectivity index (χ3v) is 1.60. The Hall–Kier alpha value is -1.32. The highest BCUT2D eigenvalue weighted by atomic mass is 16.5. The Labute approximate surface area is 90.2 Å². The van der Waals surface area contributed by atoms with Crippen LogP contribution in [0.2, 0.25) is 0 Å². The Bertz CT molecular complexity index is 243. The van der Waals surface area contributed by atoms with E-state index in [2.05, 4.69) is 0 Å². The monoisotopic (exact) mass is 214 g/mol. The van der Waals surface area contributed by atoms with Crippen LogP contribution >= 0.6 is 0 Å². The molecule has 0 aliphatic rings. The molecule has 0 amide bonds. The minimum atomic E-state index is -0.536. The van der Waals surface area contributed by atoms with Crippen LogP contribution < -0.4 is 0 Å². The van der Waals surface area contributed by atoms with Gasteiger partial charge >= 0.3 is 11.9 Å². The maximum atomic E-state index is 11.1. The molecule has 86 valence electrons. The van der Waals surface area contributed by atoms with E-state index >= 15 is 0 Å². The lowest BCUT2D eigenvalue weighted by molar-refractivity contribution is -0.144. The topological polar surface area (TPSA) is 52.6 Å². The summed E-state index contributed by atoms with van der Waals surface area (Å²) < 4.78 is 9.72. The van der Waals surface area contributed by atoms with Crippen molar-refractivity contribution in [3.05, 3.63) is 12.2 Å². The molecule has 0 radical (unpaired) electrons. The maximum absolute atomic E-state index is 11.1. The number of esters is 2. The van der Waals surface area contributed by atoms with Gasteiger partial charge in [0.25, 0.3) is 0 Å². The van der Waals surface area contributed by atoms with E-state index in [0.29, 0.717) is 0 Å². The zero-order valence-corrected chi connectivity index (χ0v) is 9.65. The fourth-order valence-electron chi connectivity index (χ4n) is 0.729. The summed E-state index contributed by atoms with van der Waals surface area (Å²) >= 11 is 0. The number of hydrogen-bond donors (Lipinski definition) is 0. The molecule has 0 spiro atoms. The van der Waals surface area contributed by atoms with Crippen LogP contribution in [0, 0.1) is 0 Å². The van der Waals surface area contributed by atoms with Crippen LogP contribution in [-0.4, -0.2) is 24.1 Å². The maximum Gasteiger partial charge on any atom is 0.331 e. The molecule has 0 aliphatic heterocycles. The molecule has 1 unspecified atom stereocenters. The Morgan fingerprint density at radius 3 is 1.93 bits per heavy atom. The molecular weight excluding hydrogens is 196 g/mol. The van der Waals surface area contributed by atoms with Crippen molar-refractivity contribution in [1.82, 2.24) is 0 Å². The van der Waals surface area contributed by atoms with Crippen molar-refractivity contribution >= 4 is 11.9 Å². The summed E-state index contributed by atoms with van der Waals surface area (Å²) in [6, 6.07) is 0. The highest BCUT2D eigenvalue weighted by Gasteiger charge is 2.05. The third-order valence-electron chi connectivity index (χ3n) is 1.60. The largest absolute Gasteiger partial charge is 0.460 e. The number of ether oxygens (including phenoxy) is 2. The molecule has 0 fully saturated rings. The first-order valence-corrected chi connectivity index (χ1v) is 5.05. The molecule has 0 aromatic heterocycles. The zero-order valence-electron chi connectivity index (χ0n) is 9.65. The number of carbonyl (C=O) groups excluding carboxylic acids is 2. The van der Waals surface area contributed by atoms with Crippen LogP contribution in [0.3, 0.4) is 0 Å². The van der Waals surface area contributed by atoms with Crippen molar-refractivity contribution in [1.29, 1.82) is 0 Å². The second-order valence-corrected chi connectivity index (χ2v) is 3.47. The molecule has 0 heterocycles. The van der Waals surface area contributed by atoms with E-state index in [-0.39, 0.29) is 12.2 Å². The summed E-state index contributed by atoms with van der Waals surface area (Å²) in [4.78, 5) is 22.1. The van der Waals surface area contributed by atoms with Crippen LogP contribution in [0.15, 0.2) is 12.2 Å². The van der Waals surface area contributed by atoms with Crippen LogP contribution in [-0.2, 0) is 19.1 Å². The van der Waals surface area contributed by atoms with E-state index < -0.39 is 11.9 Å². The molecule has 0 saturated carbocycles. The van der Waals surface area contributed by atoms with E-state index in [1.54, 1.807) is 20.8 Å². The highest BCUT2D eigenvalue weighted by molar-refractivity contribution is 5.91. The first-order valence-electron chi connectivity index (χ1n) is 5.05. The Morgan fingerprint density at radius 2 is 1.53 bits per heavy atom. The normalized spacial score (nSPS) is 12.9. The lowest BCUT2D eigenvalue weighted by Gasteiger charge is -2.08. The highest BCUT2D eigenvalue weighted by Crippen LogP contribution is 1.97. The Kier molecular flexibility index (Phi) is 6.42. The smallest absolute Gasteiger partial charge is 0.331 e. The van der Waals surface area contributed by atoms with Crippen molar-refractivity contribution in [2.24, 2.45) is 0 Å². The van der Waals surface area contributed by atoms with Gasteiger partial charge in [-0.3, -0.25) is 0 Å². The van der Waals surface area contributed by atoms with Gasteiger partial charge in [0.05, 0.1) is 12.2 Å². The van der Waals surface area contributed by atoms with Crippen LogP contribution in [0.1, 0.15) is 34.1 Å². The van der Waals surface area contributed by atoms with Crippen molar-refractivity contribution in [2.45, 2.75) is 46.3 Å². The molecule has 15 heavy (non-hydrogen) atoms. The van der Waals surface area contributed by atoms with Crippen molar-refractivity contribution < 1.29 is 19.1 Å². The van der Waals surface area contributed by atoms with Gasteiger partial charge in [-0.25, -0.2) is 9.59 Å². The molecule has 0 aromatic carbocycles. The van der Waals surface area contributed by atoms with Gasteiger partial charge in [-0.05, 0) is 27.2 Å². The lowest BCUT2D eigenvalue weighted by atomic mass is 10.3. The predicted octanol–water partition coefficient (Wildman–Crippen LogP) is 1.84. The average molecular weight is 214 g/mol. The van der Waals surface area contributed by atoms with Gasteiger partial charge in [-0.1, -0.05) is 6.92 Å². The van der Waals surface area contributed by atoms with Crippen molar-refractivity contribution in [3.63, 3.8) is 0 Å². The summed E-state index contributed by atoms with van der Waals surface area (Å²) in [5.41, 5.74) is 0. The van der Waals surface area contributed by atoms with Gasteiger partial charge in [0.15, 0.2) is 0 Å². The van der Waals surface area contributed by atoms with Gasteiger partial charge in [0, 0.05) is 12.2 Å². The molecule has 1 atom stereocenters. The molecular formula is C11H18O4. The minimum absolute atomic E-state index is 0.136. The molecule has 0 rings (SSSR count). The molecule has 0 saturated heterocycles. The predicted molar refractivity (Wildman–Crippen MR) is 56.2 cm³/mol. The number of hydrogen-bond acceptors (Lipinski definition) is 4. The van der Waals surface area contributed by atoms with Crippen LogP contribution in [0.5, 0.6) is 0 Å². The van der Waals surface area contributed by atoms with Gasteiger partial charge < -0.3 is 9.47 Å². The first kappa shape index (κ1) is 13.7. The minimum Gasteiger partial charge on any atom is -0.460 e. The second-order valence-electron chi connectivity index (χ2n) is 3.47. The summed E-state index contributed by atoms with van der Waals surface area (Å²) in [5.74, 6) is -1.06. The lowest BCUT2D eigenvalue weighted by Crippen LogP contribution is -2.13. The SMILES string of the molecule is CCC(C)OC(=O)/C=C/C(=O)OC(C)C. The zero-order chi connectivity index (χ0) is 11.8. The van der Waals surface area contributed by atoms with Gasteiger partial charge in [-0.2, -0.15) is 0 Å². The van der Waals surface area contributed by atoms with Crippen molar-refractivity contribution in [2.75, 3.05) is 0 Å². The van der Waals surface area contributed by atoms with Crippen LogP contribution in [0.4, 0.5) is 0 Å². The molecule has 0 bridgehead atoms. The molecule has 4 nitrogen and oxygen atoms in total. The summed E-state index contributed by atoms with van der Waals surface area (Å²) in [7, 11) is 0. The Morgan fingerprint density at radius 1 is 1.07 bits per heavy atom. The standard InChI is InChI=1S/C11H18O4/c1-5-9(4)15-11(13)7-6-10(12)14-8(2)3/h6-9H,5H2,1-4H3/b7-6+. The molecule has 0 N–H and O–H groups in total. The summed E-state index contributed by atoms with van der Waals surface area (Å²) in [6.07, 6.45) is 2.58. The summed E-state index contributed by atoms with van der Waals surface area (Å²) in [5, 5.41) is 0. The molecule has 4 heteroatoms. The number of carbonyl (C=O) groups is 2. The van der Waals surface area contributed by atoms with Crippen LogP contribution in [0.25, 0.3) is 0 Å². The fraction of sp³-hybridized carbons (Fsp3) is 0.636. The van der Waals surface area contributed by atoms with E-state index in [1.165, 1.54) is 0 Å². The van der Waals surface area contributed by atoms with Gasteiger partial charge in [0.2, 0.25) is 0 Å². The number of rotatable bonds is 5. The summed E-state index contributed by atoms with van der Waals surface area (Å²) in [6.45, 7) is 7.18. The second kappa shape index (κ2) is 7.04. The molecule has 0 aromatic rings. The first-order chi connectivity index (χ1) is 6.95. The Balaban J connectivity index is 3.95. The molecule has 0 aliphatic carbocycles. The average Bonchev–Trinajstić information content (AvgIpc) is 2.13. The van der Waals surface area contributed by atoms with Gasteiger partial charge in [-0.15, -0.1) is 0 Å². The fourth-order valence-corrected chi connectivity index (χ4v) is 0.729. The van der Waals surface area contributed by atoms with E-state index in [9.17, 15) is 9.59 Å². The van der Waals surface area contributed by atoms with E-state index in [0.717, 1.165) is 18.6 Å². The van der Waals surface area contributed by atoms with E-state index in [1.807, 2.05) is 6.92 Å².